The van der Waals surface area contributed by atoms with Crippen LogP contribution in [0.3, 0.4) is 0 Å². The van der Waals surface area contributed by atoms with E-state index < -0.39 is 15.5 Å². The van der Waals surface area contributed by atoms with E-state index in [9.17, 15) is 13.2 Å². The smallest absolute Gasteiger partial charge is 0.269 e. The van der Waals surface area contributed by atoms with Crippen molar-refractivity contribution in [1.82, 2.24) is 14.3 Å². The molecule has 0 aromatic carbocycles. The second kappa shape index (κ2) is 2.99. The van der Waals surface area contributed by atoms with Crippen molar-refractivity contribution in [3.63, 3.8) is 0 Å². The van der Waals surface area contributed by atoms with Crippen molar-refractivity contribution < 1.29 is 8.42 Å². The zero-order chi connectivity index (χ0) is 10.2. The van der Waals surface area contributed by atoms with Gasteiger partial charge in [-0.05, 0) is 6.92 Å². The van der Waals surface area contributed by atoms with Gasteiger partial charge < -0.3 is 0 Å². The van der Waals surface area contributed by atoms with Gasteiger partial charge in [0.25, 0.3) is 0 Å². The lowest BCUT2D eigenvalue weighted by atomic mass is 10.8. The maximum Gasteiger partial charge on any atom is 0.346 e. The van der Waals surface area contributed by atoms with Crippen LogP contribution in [-0.2, 0) is 23.4 Å². The quantitative estimate of drug-likeness (QED) is 0.621. The molecule has 0 aliphatic heterocycles. The molecule has 0 unspecified atom stereocenters. The number of aromatic nitrogens is 3. The Hall–Kier alpha value is -1.11. The summed E-state index contributed by atoms with van der Waals surface area (Å²) in [6, 6.07) is 0. The highest BCUT2D eigenvalue weighted by atomic mass is 32.2. The lowest BCUT2D eigenvalue weighted by Gasteiger charge is -1.92. The number of nitrogens with zero attached hydrogens (tertiary/aromatic N) is 3. The molecule has 0 aliphatic rings. The van der Waals surface area contributed by atoms with E-state index in [2.05, 4.69) is 5.10 Å². The first-order valence-corrected chi connectivity index (χ1v) is 5.61. The highest BCUT2D eigenvalue weighted by Gasteiger charge is 2.17. The fourth-order valence-electron chi connectivity index (χ4n) is 0.997. The van der Waals surface area contributed by atoms with Crippen LogP contribution in [0.1, 0.15) is 6.92 Å². The van der Waals surface area contributed by atoms with Crippen molar-refractivity contribution in [3.8, 4) is 0 Å². The van der Waals surface area contributed by atoms with Crippen molar-refractivity contribution >= 4 is 9.84 Å². The summed E-state index contributed by atoms with van der Waals surface area (Å²) in [6.45, 7) is 2.09. The van der Waals surface area contributed by atoms with Crippen molar-refractivity contribution in [3.05, 3.63) is 10.5 Å². The number of hydrogen-bond donors (Lipinski definition) is 0. The molecule has 7 heteroatoms. The normalized spacial score (nSPS) is 11.9. The molecule has 0 saturated heterocycles. The van der Waals surface area contributed by atoms with Gasteiger partial charge in [-0.2, -0.15) is 0 Å². The van der Waals surface area contributed by atoms with E-state index in [1.807, 2.05) is 0 Å². The predicted molar refractivity (Wildman–Crippen MR) is 46.3 cm³/mol. The van der Waals surface area contributed by atoms with Gasteiger partial charge >= 0.3 is 5.69 Å². The van der Waals surface area contributed by atoms with Crippen LogP contribution < -0.4 is 5.69 Å². The molecule has 13 heavy (non-hydrogen) atoms. The lowest BCUT2D eigenvalue weighted by molar-refractivity contribution is 0.577. The second-order valence-corrected chi connectivity index (χ2v) is 4.62. The Morgan fingerprint density at radius 2 is 2.00 bits per heavy atom. The third-order valence-electron chi connectivity index (χ3n) is 1.63. The Morgan fingerprint density at radius 1 is 1.46 bits per heavy atom. The van der Waals surface area contributed by atoms with Crippen LogP contribution in [0.15, 0.2) is 9.95 Å². The van der Waals surface area contributed by atoms with Gasteiger partial charge in [0.15, 0.2) is 0 Å². The van der Waals surface area contributed by atoms with E-state index in [1.54, 1.807) is 6.92 Å². The van der Waals surface area contributed by atoms with Crippen LogP contribution in [0.5, 0.6) is 0 Å². The third kappa shape index (κ3) is 1.64. The zero-order valence-corrected chi connectivity index (χ0v) is 8.50. The fraction of sp³-hybridized carbons (Fsp3) is 0.667. The van der Waals surface area contributed by atoms with E-state index >= 15 is 0 Å². The molecule has 1 aromatic heterocycles. The monoisotopic (exact) mass is 205 g/mol. The Morgan fingerprint density at radius 3 is 2.23 bits per heavy atom. The summed E-state index contributed by atoms with van der Waals surface area (Å²) in [5.74, 6) is 0. The minimum absolute atomic E-state index is 0.195. The van der Waals surface area contributed by atoms with E-state index in [0.717, 1.165) is 15.5 Å². The van der Waals surface area contributed by atoms with Gasteiger partial charge in [0.05, 0.1) is 0 Å². The predicted octanol–water partition coefficient (Wildman–Crippen LogP) is -0.995. The van der Waals surface area contributed by atoms with Crippen molar-refractivity contribution in [2.45, 2.75) is 18.6 Å². The minimum Gasteiger partial charge on any atom is -0.269 e. The molecule has 0 aliphatic carbocycles. The number of aryl methyl sites for hydroxylation is 1. The minimum atomic E-state index is -3.41. The fourth-order valence-corrected chi connectivity index (χ4v) is 1.82. The maximum absolute atomic E-state index is 11.3. The molecule has 0 spiro atoms. The summed E-state index contributed by atoms with van der Waals surface area (Å²) >= 11 is 0. The summed E-state index contributed by atoms with van der Waals surface area (Å²) in [5, 5.41) is 3.48. The maximum atomic E-state index is 11.3. The summed E-state index contributed by atoms with van der Waals surface area (Å²) < 4.78 is 24.3. The standard InChI is InChI=1S/C6H11N3O3S/c1-4-9-6(10)8(2)5(7-9)13(3,11)12/h4H2,1-3H3. The van der Waals surface area contributed by atoms with Gasteiger partial charge in [-0.3, -0.25) is 4.57 Å². The van der Waals surface area contributed by atoms with E-state index in [4.69, 9.17) is 0 Å². The molecule has 0 fully saturated rings. The molecule has 0 bridgehead atoms. The van der Waals surface area contributed by atoms with Crippen molar-refractivity contribution in [2.24, 2.45) is 7.05 Å². The second-order valence-electron chi connectivity index (χ2n) is 2.71. The molecule has 0 N–H and O–H groups in total. The van der Waals surface area contributed by atoms with E-state index in [0.29, 0.717) is 6.54 Å². The summed E-state index contributed by atoms with van der Waals surface area (Å²) in [4.78, 5) is 11.3. The van der Waals surface area contributed by atoms with Crippen LogP contribution in [0.4, 0.5) is 0 Å². The Balaban J connectivity index is 3.52. The van der Waals surface area contributed by atoms with Crippen molar-refractivity contribution in [2.75, 3.05) is 6.26 Å². The van der Waals surface area contributed by atoms with Crippen LogP contribution in [0, 0.1) is 0 Å². The van der Waals surface area contributed by atoms with Crippen molar-refractivity contribution in [1.29, 1.82) is 0 Å². The average molecular weight is 205 g/mol. The molecule has 74 valence electrons. The topological polar surface area (TPSA) is 74.0 Å². The molecule has 0 atom stereocenters. The molecule has 0 radical (unpaired) electrons. The van der Waals surface area contributed by atoms with Gasteiger partial charge in [-0.25, -0.2) is 17.9 Å². The molecule has 6 nitrogen and oxygen atoms in total. The molecular weight excluding hydrogens is 194 g/mol. The molecular formula is C6H11N3O3S. The number of rotatable bonds is 2. The summed E-state index contributed by atoms with van der Waals surface area (Å²) in [6.07, 6.45) is 1.02. The first kappa shape index (κ1) is 9.97. The van der Waals surface area contributed by atoms with E-state index in [-0.39, 0.29) is 5.16 Å². The van der Waals surface area contributed by atoms with Crippen LogP contribution in [0.2, 0.25) is 0 Å². The zero-order valence-electron chi connectivity index (χ0n) is 7.68. The number of hydrogen-bond acceptors (Lipinski definition) is 4. The van der Waals surface area contributed by atoms with Crippen LogP contribution in [0.25, 0.3) is 0 Å². The van der Waals surface area contributed by atoms with Crippen LogP contribution in [-0.4, -0.2) is 29.0 Å². The van der Waals surface area contributed by atoms with Gasteiger partial charge in [0.2, 0.25) is 15.0 Å². The Kier molecular flexibility index (Phi) is 2.29. The summed E-state index contributed by atoms with van der Waals surface area (Å²) in [5.41, 5.74) is -0.414. The highest BCUT2D eigenvalue weighted by molar-refractivity contribution is 7.90. The molecule has 0 amide bonds. The number of sulfone groups is 1. The summed E-state index contributed by atoms with van der Waals surface area (Å²) in [7, 11) is -2.03. The Bertz CT molecular complexity index is 468. The first-order chi connectivity index (χ1) is 5.88. The third-order valence-corrected chi connectivity index (χ3v) is 2.65. The average Bonchev–Trinajstić information content (AvgIpc) is 2.28. The van der Waals surface area contributed by atoms with E-state index in [1.165, 1.54) is 7.05 Å². The molecule has 0 saturated carbocycles. The van der Waals surface area contributed by atoms with Gasteiger partial charge in [-0.1, -0.05) is 0 Å². The SMILES string of the molecule is CCn1nc(S(C)(=O)=O)n(C)c1=O. The lowest BCUT2D eigenvalue weighted by Crippen LogP contribution is -2.22. The molecule has 1 heterocycles. The largest absolute Gasteiger partial charge is 0.346 e. The molecule has 1 aromatic rings. The van der Waals surface area contributed by atoms with Gasteiger partial charge in [-0.15, -0.1) is 5.10 Å². The Labute approximate surface area is 75.7 Å². The van der Waals surface area contributed by atoms with Gasteiger partial charge in [0, 0.05) is 19.8 Å². The highest BCUT2D eigenvalue weighted by Crippen LogP contribution is 1.99. The van der Waals surface area contributed by atoms with Gasteiger partial charge in [0.1, 0.15) is 0 Å². The van der Waals surface area contributed by atoms with Crippen LogP contribution >= 0.6 is 0 Å². The first-order valence-electron chi connectivity index (χ1n) is 3.71. The molecule has 1 rings (SSSR count).